The highest BCUT2D eigenvalue weighted by Gasteiger charge is 2.56. The van der Waals surface area contributed by atoms with Gasteiger partial charge in [-0.15, -0.1) is 0 Å². The fraction of sp³-hybridized carbons (Fsp3) is 0.500. The molecule has 5 heteroatoms. The third-order valence-corrected chi connectivity index (χ3v) is 6.94. The predicted molar refractivity (Wildman–Crippen MR) is 117 cm³/mol. The van der Waals surface area contributed by atoms with E-state index in [4.69, 9.17) is 11.6 Å². The van der Waals surface area contributed by atoms with Crippen molar-refractivity contribution in [1.82, 2.24) is 15.2 Å². The van der Waals surface area contributed by atoms with E-state index in [1.807, 2.05) is 13.0 Å². The van der Waals surface area contributed by atoms with Gasteiger partial charge in [-0.05, 0) is 49.7 Å². The maximum Gasteiger partial charge on any atom is 0.253 e. The van der Waals surface area contributed by atoms with E-state index < -0.39 is 0 Å². The Morgan fingerprint density at radius 1 is 1.24 bits per heavy atom. The van der Waals surface area contributed by atoms with E-state index in [0.717, 1.165) is 24.9 Å². The van der Waals surface area contributed by atoms with Gasteiger partial charge in [0.1, 0.15) is 0 Å². The van der Waals surface area contributed by atoms with Gasteiger partial charge in [0.2, 0.25) is 0 Å². The molecule has 0 radical (unpaired) electrons. The van der Waals surface area contributed by atoms with Crippen LogP contribution < -0.4 is 5.32 Å². The minimum Gasteiger partial charge on any atom is -0.343 e. The number of rotatable bonds is 6. The molecule has 2 aliphatic heterocycles. The number of halogens is 1. The summed E-state index contributed by atoms with van der Waals surface area (Å²) >= 11 is 6.35. The molecule has 1 unspecified atom stereocenters. The molecule has 154 valence electrons. The molecule has 1 amide bonds. The second-order valence-corrected chi connectivity index (χ2v) is 9.42. The van der Waals surface area contributed by atoms with Gasteiger partial charge in [-0.3, -0.25) is 14.7 Å². The molecule has 1 atom stereocenters. The second-order valence-electron chi connectivity index (χ2n) is 9.01. The maximum absolute atomic E-state index is 13.4. The largest absolute Gasteiger partial charge is 0.343 e. The van der Waals surface area contributed by atoms with E-state index in [1.54, 1.807) is 12.4 Å². The number of aryl methyl sites for hydroxylation is 1. The number of hydrogen-bond donors (Lipinski definition) is 1. The molecule has 0 saturated carbocycles. The van der Waals surface area contributed by atoms with Crippen molar-refractivity contribution < 1.29 is 4.79 Å². The van der Waals surface area contributed by atoms with Crippen LogP contribution in [0.4, 0.5) is 0 Å². The highest BCUT2D eigenvalue weighted by molar-refractivity contribution is 6.33. The van der Waals surface area contributed by atoms with Gasteiger partial charge in [0.25, 0.3) is 5.91 Å². The summed E-state index contributed by atoms with van der Waals surface area (Å²) in [5.41, 5.74) is 2.47. The molecule has 3 heterocycles. The van der Waals surface area contributed by atoms with Gasteiger partial charge in [0, 0.05) is 30.5 Å². The number of amides is 1. The van der Waals surface area contributed by atoms with Gasteiger partial charge in [-0.25, -0.2) is 0 Å². The number of nitrogens with one attached hydrogen (secondary N) is 1. The summed E-state index contributed by atoms with van der Waals surface area (Å²) in [7, 11) is 0. The number of carbonyl (C=O) groups excluding carboxylic acids is 1. The molecule has 4 rings (SSSR count). The van der Waals surface area contributed by atoms with Crippen LogP contribution >= 0.6 is 11.6 Å². The number of hydrogen-bond acceptors (Lipinski definition) is 3. The lowest BCUT2D eigenvalue weighted by molar-refractivity contribution is 0.0742. The smallest absolute Gasteiger partial charge is 0.253 e. The molecule has 2 aromatic rings. The number of pyridine rings is 1. The van der Waals surface area contributed by atoms with Crippen LogP contribution in [0.5, 0.6) is 0 Å². The molecular weight excluding hydrogens is 382 g/mol. The van der Waals surface area contributed by atoms with Gasteiger partial charge < -0.3 is 5.32 Å². The van der Waals surface area contributed by atoms with Crippen LogP contribution in [0.25, 0.3) is 0 Å². The average molecular weight is 412 g/mol. The third-order valence-electron chi connectivity index (χ3n) is 6.66. The molecule has 1 aromatic heterocycles. The summed E-state index contributed by atoms with van der Waals surface area (Å²) in [6.07, 6.45) is 7.90. The van der Waals surface area contributed by atoms with Crippen molar-refractivity contribution >= 4 is 17.5 Å². The van der Waals surface area contributed by atoms with Crippen LogP contribution in [0.3, 0.4) is 0 Å². The summed E-state index contributed by atoms with van der Waals surface area (Å²) in [5, 5.41) is 3.81. The zero-order valence-corrected chi connectivity index (χ0v) is 18.2. The number of nitrogens with zero attached hydrogens (tertiary/aromatic N) is 2. The fourth-order valence-corrected chi connectivity index (χ4v) is 5.73. The van der Waals surface area contributed by atoms with E-state index in [9.17, 15) is 4.79 Å². The van der Waals surface area contributed by atoms with Crippen LogP contribution in [-0.2, 0) is 0 Å². The topological polar surface area (TPSA) is 45.2 Å². The maximum atomic E-state index is 13.4. The predicted octanol–water partition coefficient (Wildman–Crippen LogP) is 5.17. The lowest BCUT2D eigenvalue weighted by Gasteiger charge is -2.43. The monoisotopic (exact) mass is 411 g/mol. The standard InChI is InChI=1S/C24H30ClN3O/c1-16(2)15-28-19-9-11-24(28,12-10-19)22(18-7-5-4-6-8-18)27-23(29)21-17(3)13-26-14-20(21)25/h4-8,13-14,16,19,22H,9-12,15H2,1-3H3,(H,27,29). The Kier molecular flexibility index (Phi) is 5.67. The van der Waals surface area contributed by atoms with Gasteiger partial charge in [-0.2, -0.15) is 0 Å². The highest BCUT2D eigenvalue weighted by atomic mass is 35.5. The van der Waals surface area contributed by atoms with Crippen molar-refractivity contribution in [1.29, 1.82) is 0 Å². The first-order valence-electron chi connectivity index (χ1n) is 10.6. The summed E-state index contributed by atoms with van der Waals surface area (Å²) in [6, 6.07) is 11.0. The first-order valence-corrected chi connectivity index (χ1v) is 11.0. The molecule has 1 aromatic carbocycles. The summed E-state index contributed by atoms with van der Waals surface area (Å²) in [5.74, 6) is 0.482. The fourth-order valence-electron chi connectivity index (χ4n) is 5.44. The third kappa shape index (κ3) is 3.69. The normalized spacial score (nSPS) is 24.8. The van der Waals surface area contributed by atoms with Crippen molar-refractivity contribution in [3.8, 4) is 0 Å². The van der Waals surface area contributed by atoms with Crippen LogP contribution in [0.1, 0.15) is 67.1 Å². The molecule has 4 nitrogen and oxygen atoms in total. The van der Waals surface area contributed by atoms with E-state index in [2.05, 4.69) is 53.3 Å². The minimum absolute atomic E-state index is 0.0284. The van der Waals surface area contributed by atoms with Crippen LogP contribution in [0.15, 0.2) is 42.7 Å². The van der Waals surface area contributed by atoms with Gasteiger partial charge in [0.05, 0.1) is 16.6 Å². The van der Waals surface area contributed by atoms with E-state index in [0.29, 0.717) is 22.5 Å². The van der Waals surface area contributed by atoms with Crippen LogP contribution in [-0.4, -0.2) is 33.9 Å². The Balaban J connectivity index is 1.73. The second kappa shape index (κ2) is 8.08. The Hall–Kier alpha value is -1.91. The number of aromatic nitrogens is 1. The SMILES string of the molecule is Cc1cncc(Cl)c1C(=O)NC(c1ccccc1)C12CCC(CC1)N2CC(C)C. The summed E-state index contributed by atoms with van der Waals surface area (Å²) in [6.45, 7) is 7.51. The Bertz CT molecular complexity index is 855. The zero-order valence-electron chi connectivity index (χ0n) is 17.5. The zero-order chi connectivity index (χ0) is 20.6. The van der Waals surface area contributed by atoms with Gasteiger partial charge >= 0.3 is 0 Å². The molecule has 2 fully saturated rings. The number of fused-ring (bicyclic) bond motifs is 2. The highest BCUT2D eigenvalue weighted by Crippen LogP contribution is 2.53. The van der Waals surface area contributed by atoms with Gasteiger partial charge in [-0.1, -0.05) is 55.8 Å². The average Bonchev–Trinajstić information content (AvgIpc) is 3.21. The molecule has 0 spiro atoms. The molecule has 0 aliphatic carbocycles. The molecular formula is C24H30ClN3O. The van der Waals surface area contributed by atoms with Crippen molar-refractivity contribution in [2.45, 2.75) is 64.1 Å². The minimum atomic E-state index is -0.113. The van der Waals surface area contributed by atoms with E-state index >= 15 is 0 Å². The lowest BCUT2D eigenvalue weighted by atomic mass is 9.78. The Morgan fingerprint density at radius 2 is 1.93 bits per heavy atom. The molecule has 29 heavy (non-hydrogen) atoms. The Morgan fingerprint density at radius 3 is 2.55 bits per heavy atom. The van der Waals surface area contributed by atoms with E-state index in [1.165, 1.54) is 18.4 Å². The number of benzene rings is 1. The molecule has 2 saturated heterocycles. The van der Waals surface area contributed by atoms with E-state index in [-0.39, 0.29) is 17.5 Å². The number of carbonyl (C=O) groups is 1. The Labute approximate surface area is 178 Å². The molecule has 1 N–H and O–H groups in total. The first-order chi connectivity index (χ1) is 13.9. The van der Waals surface area contributed by atoms with Crippen LogP contribution in [0.2, 0.25) is 5.02 Å². The van der Waals surface area contributed by atoms with Crippen molar-refractivity contribution in [2.24, 2.45) is 5.92 Å². The molecule has 2 aliphatic rings. The summed E-state index contributed by atoms with van der Waals surface area (Å²) < 4.78 is 0. The quantitative estimate of drug-likeness (QED) is 0.713. The lowest BCUT2D eigenvalue weighted by Crippen LogP contribution is -2.53. The van der Waals surface area contributed by atoms with Crippen molar-refractivity contribution in [3.63, 3.8) is 0 Å². The molecule has 2 bridgehead atoms. The van der Waals surface area contributed by atoms with Crippen molar-refractivity contribution in [2.75, 3.05) is 6.54 Å². The summed E-state index contributed by atoms with van der Waals surface area (Å²) in [4.78, 5) is 20.2. The first kappa shape index (κ1) is 20.4. The van der Waals surface area contributed by atoms with Crippen LogP contribution in [0, 0.1) is 12.8 Å². The van der Waals surface area contributed by atoms with Crippen molar-refractivity contribution in [3.05, 3.63) is 64.4 Å². The van der Waals surface area contributed by atoms with Gasteiger partial charge in [0.15, 0.2) is 0 Å².